The largest absolute Gasteiger partial charge is 0.493 e. The molecule has 3 aromatic carbocycles. The molecule has 0 bridgehead atoms. The highest BCUT2D eigenvalue weighted by atomic mass is 32.2. The molecule has 0 amide bonds. The first kappa shape index (κ1) is 24.5. The minimum Gasteiger partial charge on any atom is -0.493 e. The van der Waals surface area contributed by atoms with Gasteiger partial charge < -0.3 is 19.4 Å². The van der Waals surface area contributed by atoms with Gasteiger partial charge in [0.25, 0.3) is 0 Å². The Kier molecular flexibility index (Phi) is 8.17. The average molecular weight is 490 g/mol. The van der Waals surface area contributed by atoms with Crippen molar-refractivity contribution in [1.29, 1.82) is 0 Å². The van der Waals surface area contributed by atoms with Crippen molar-refractivity contribution >= 4 is 28.2 Å². The lowest BCUT2D eigenvalue weighted by Gasteiger charge is -2.35. The van der Waals surface area contributed by atoms with E-state index in [4.69, 9.17) is 4.74 Å². The summed E-state index contributed by atoms with van der Waals surface area (Å²) in [6.45, 7) is 6.49. The van der Waals surface area contributed by atoms with Gasteiger partial charge in [-0.2, -0.15) is 0 Å². The lowest BCUT2D eigenvalue weighted by Crippen LogP contribution is -2.42. The van der Waals surface area contributed by atoms with Gasteiger partial charge in [0.2, 0.25) is 0 Å². The minimum absolute atomic E-state index is 0.750. The van der Waals surface area contributed by atoms with Crippen LogP contribution in [0, 0.1) is 0 Å². The van der Waals surface area contributed by atoms with Gasteiger partial charge in [-0.1, -0.05) is 42.5 Å². The van der Waals surface area contributed by atoms with E-state index in [2.05, 4.69) is 89.5 Å². The minimum atomic E-state index is 0.750. The van der Waals surface area contributed by atoms with Crippen LogP contribution in [0.3, 0.4) is 0 Å². The van der Waals surface area contributed by atoms with E-state index in [1.54, 1.807) is 0 Å². The van der Waals surface area contributed by atoms with E-state index >= 15 is 0 Å². The van der Waals surface area contributed by atoms with Crippen LogP contribution in [0.4, 0.5) is 5.69 Å². The fraction of sp³-hybridized carbons (Fsp3) is 0.467. The normalized spacial score (nSPS) is 17.2. The van der Waals surface area contributed by atoms with Gasteiger partial charge in [0, 0.05) is 42.4 Å². The third-order valence-corrected chi connectivity index (χ3v) is 8.59. The first-order chi connectivity index (χ1) is 17.2. The highest BCUT2D eigenvalue weighted by Crippen LogP contribution is 2.37. The number of fused-ring (bicyclic) bond motifs is 2. The van der Waals surface area contributed by atoms with Crippen LogP contribution in [0.15, 0.2) is 65.6 Å². The number of thioether (sulfide) groups is 1. The van der Waals surface area contributed by atoms with E-state index in [1.165, 1.54) is 52.8 Å². The molecule has 1 fully saturated rings. The monoisotopic (exact) mass is 489 g/mol. The van der Waals surface area contributed by atoms with Crippen molar-refractivity contribution in [3.05, 3.63) is 66.2 Å². The van der Waals surface area contributed by atoms with E-state index in [-0.39, 0.29) is 0 Å². The zero-order valence-electron chi connectivity index (χ0n) is 21.3. The van der Waals surface area contributed by atoms with Crippen LogP contribution in [0.25, 0.3) is 10.8 Å². The SMILES string of the molecule is CN(C)C1CCN(CCCOc2ccc3c(c2)N(CCc2ccc4ccccc4c2)CCS3)CC1. The van der Waals surface area contributed by atoms with Gasteiger partial charge in [0.1, 0.15) is 5.75 Å². The highest BCUT2D eigenvalue weighted by Gasteiger charge is 2.20. The molecule has 0 aliphatic carbocycles. The molecule has 35 heavy (non-hydrogen) atoms. The molecule has 186 valence electrons. The van der Waals surface area contributed by atoms with Gasteiger partial charge in [0.05, 0.1) is 12.3 Å². The Hall–Kier alpha value is -2.21. The number of hydrogen-bond donors (Lipinski definition) is 0. The molecule has 5 heteroatoms. The molecule has 2 aliphatic rings. The molecule has 4 nitrogen and oxygen atoms in total. The Morgan fingerprint density at radius 1 is 0.914 bits per heavy atom. The van der Waals surface area contributed by atoms with Gasteiger partial charge in [0.15, 0.2) is 0 Å². The van der Waals surface area contributed by atoms with Crippen molar-refractivity contribution in [3.63, 3.8) is 0 Å². The molecule has 0 saturated carbocycles. The van der Waals surface area contributed by atoms with Crippen LogP contribution in [0.1, 0.15) is 24.8 Å². The summed E-state index contributed by atoms with van der Waals surface area (Å²) in [6, 6.07) is 22.9. The Labute approximate surface area is 215 Å². The fourth-order valence-corrected chi connectivity index (χ4v) is 6.40. The summed E-state index contributed by atoms with van der Waals surface area (Å²) < 4.78 is 6.21. The smallest absolute Gasteiger partial charge is 0.121 e. The number of hydrogen-bond acceptors (Lipinski definition) is 5. The Morgan fingerprint density at radius 3 is 2.57 bits per heavy atom. The predicted molar refractivity (Wildman–Crippen MR) is 150 cm³/mol. The maximum absolute atomic E-state index is 6.21. The molecule has 3 aromatic rings. The van der Waals surface area contributed by atoms with Crippen molar-refractivity contribution in [2.45, 2.75) is 36.6 Å². The van der Waals surface area contributed by atoms with Crippen molar-refractivity contribution in [2.24, 2.45) is 0 Å². The fourth-order valence-electron chi connectivity index (χ4n) is 5.37. The van der Waals surface area contributed by atoms with E-state index in [0.29, 0.717) is 0 Å². The van der Waals surface area contributed by atoms with Crippen molar-refractivity contribution < 1.29 is 4.74 Å². The first-order valence-corrected chi connectivity index (χ1v) is 14.2. The van der Waals surface area contributed by atoms with Crippen molar-refractivity contribution in [2.75, 3.05) is 64.1 Å². The molecule has 0 unspecified atom stereocenters. The lowest BCUT2D eigenvalue weighted by molar-refractivity contribution is 0.138. The van der Waals surface area contributed by atoms with E-state index < -0.39 is 0 Å². The van der Waals surface area contributed by atoms with E-state index in [1.807, 2.05) is 11.8 Å². The Balaban J connectivity index is 1.13. The topological polar surface area (TPSA) is 19.0 Å². The maximum atomic E-state index is 6.21. The standard InChI is InChI=1S/C30H39N3OS/c1-31(2)27-13-16-32(17-14-27)15-5-20-34-28-10-11-30-29(23-28)33(19-21-35-30)18-12-24-8-9-25-6-3-4-7-26(25)22-24/h3-4,6-11,22-23,27H,5,12-21H2,1-2H3. The second-order valence-electron chi connectivity index (χ2n) is 10.1. The molecule has 2 heterocycles. The Morgan fingerprint density at radius 2 is 1.74 bits per heavy atom. The zero-order chi connectivity index (χ0) is 24.0. The van der Waals surface area contributed by atoms with Crippen molar-refractivity contribution in [1.82, 2.24) is 9.80 Å². The third kappa shape index (κ3) is 6.32. The summed E-state index contributed by atoms with van der Waals surface area (Å²) >= 11 is 1.97. The number of likely N-dealkylation sites (tertiary alicyclic amines) is 1. The molecule has 5 rings (SSSR count). The molecule has 0 atom stereocenters. The van der Waals surface area contributed by atoms with Gasteiger partial charge in [-0.25, -0.2) is 0 Å². The summed E-state index contributed by atoms with van der Waals surface area (Å²) in [5.74, 6) is 2.16. The molecule has 0 radical (unpaired) electrons. The van der Waals surface area contributed by atoms with Crippen LogP contribution in [0.2, 0.25) is 0 Å². The molecular formula is C30H39N3OS. The molecule has 0 aromatic heterocycles. The summed E-state index contributed by atoms with van der Waals surface area (Å²) in [6.07, 6.45) is 4.71. The van der Waals surface area contributed by atoms with Crippen molar-refractivity contribution in [3.8, 4) is 5.75 Å². The van der Waals surface area contributed by atoms with E-state index in [9.17, 15) is 0 Å². The van der Waals surface area contributed by atoms with Gasteiger partial charge in [-0.05, 0) is 81.3 Å². The quantitative estimate of drug-likeness (QED) is 0.353. The average Bonchev–Trinajstić information content (AvgIpc) is 2.90. The highest BCUT2D eigenvalue weighted by molar-refractivity contribution is 7.99. The first-order valence-electron chi connectivity index (χ1n) is 13.2. The second kappa shape index (κ2) is 11.7. The number of nitrogens with zero attached hydrogens (tertiary/aromatic N) is 3. The molecule has 1 saturated heterocycles. The zero-order valence-corrected chi connectivity index (χ0v) is 22.1. The number of rotatable bonds is 9. The molecule has 0 spiro atoms. The van der Waals surface area contributed by atoms with Gasteiger partial charge >= 0.3 is 0 Å². The van der Waals surface area contributed by atoms with Crippen LogP contribution in [-0.2, 0) is 6.42 Å². The second-order valence-corrected chi connectivity index (χ2v) is 11.3. The summed E-state index contributed by atoms with van der Waals surface area (Å²) in [5, 5.41) is 2.65. The third-order valence-electron chi connectivity index (χ3n) is 7.55. The van der Waals surface area contributed by atoms with Crippen LogP contribution < -0.4 is 9.64 Å². The molecule has 2 aliphatic heterocycles. The number of benzene rings is 3. The van der Waals surface area contributed by atoms with Crippen LogP contribution in [-0.4, -0.2) is 75.0 Å². The molecular weight excluding hydrogens is 450 g/mol. The summed E-state index contributed by atoms with van der Waals surface area (Å²) in [5.41, 5.74) is 2.75. The number of ether oxygens (including phenoxy) is 1. The van der Waals surface area contributed by atoms with Crippen LogP contribution in [0.5, 0.6) is 5.75 Å². The van der Waals surface area contributed by atoms with Crippen LogP contribution >= 0.6 is 11.8 Å². The maximum Gasteiger partial charge on any atom is 0.121 e. The van der Waals surface area contributed by atoms with Gasteiger partial charge in [-0.15, -0.1) is 11.8 Å². The predicted octanol–water partition coefficient (Wildman–Crippen LogP) is 5.79. The summed E-state index contributed by atoms with van der Waals surface area (Å²) in [7, 11) is 4.41. The lowest BCUT2D eigenvalue weighted by atomic mass is 10.0. The number of piperidine rings is 1. The Bertz CT molecular complexity index is 1110. The summed E-state index contributed by atoms with van der Waals surface area (Å²) in [4.78, 5) is 8.90. The number of anilines is 1. The molecule has 0 N–H and O–H groups in total. The van der Waals surface area contributed by atoms with E-state index in [0.717, 1.165) is 56.6 Å². The van der Waals surface area contributed by atoms with Gasteiger partial charge in [-0.3, -0.25) is 0 Å².